The van der Waals surface area contributed by atoms with Gasteiger partial charge < -0.3 is 4.90 Å². The zero-order valence-corrected chi connectivity index (χ0v) is 9.15. The first-order valence-corrected chi connectivity index (χ1v) is 5.63. The van der Waals surface area contributed by atoms with Crippen molar-refractivity contribution in [3.8, 4) is 0 Å². The average molecular weight is 203 g/mol. The van der Waals surface area contributed by atoms with Crippen LogP contribution in [-0.2, 0) is 4.79 Å². The lowest BCUT2D eigenvalue weighted by atomic mass is 10.0. The van der Waals surface area contributed by atoms with E-state index in [2.05, 4.69) is 19.1 Å². The molecule has 1 heterocycles. The Hall–Kier alpha value is -1.31. The molecule has 2 rings (SSSR count). The third-order valence-electron chi connectivity index (χ3n) is 3.11. The summed E-state index contributed by atoms with van der Waals surface area (Å²) in [5.74, 6) is 0.303. The standard InChI is InChI=1S/C13H17NO/c1-11(12-7-3-2-4-8-12)14-10-6-5-9-13(14)15/h2-4,7-8,11H,5-6,9-10H2,1H3. The Labute approximate surface area is 90.9 Å². The molecule has 2 nitrogen and oxygen atoms in total. The normalized spacial score (nSPS) is 19.0. The van der Waals surface area contributed by atoms with Crippen molar-refractivity contribution >= 4 is 5.91 Å². The number of carbonyl (C=O) groups is 1. The zero-order chi connectivity index (χ0) is 10.7. The molecule has 1 atom stereocenters. The molecule has 1 unspecified atom stereocenters. The van der Waals surface area contributed by atoms with E-state index >= 15 is 0 Å². The largest absolute Gasteiger partial charge is 0.336 e. The maximum absolute atomic E-state index is 11.7. The molecular weight excluding hydrogens is 186 g/mol. The first-order valence-electron chi connectivity index (χ1n) is 5.63. The van der Waals surface area contributed by atoms with Gasteiger partial charge in [0.05, 0.1) is 6.04 Å². The number of hydrogen-bond donors (Lipinski definition) is 0. The van der Waals surface area contributed by atoms with Crippen LogP contribution in [0.1, 0.15) is 37.8 Å². The minimum atomic E-state index is 0.221. The molecule has 0 bridgehead atoms. The van der Waals surface area contributed by atoms with Crippen LogP contribution in [0, 0.1) is 0 Å². The van der Waals surface area contributed by atoms with E-state index in [0.717, 1.165) is 25.8 Å². The molecule has 0 spiro atoms. The summed E-state index contributed by atoms with van der Waals surface area (Å²) in [6.07, 6.45) is 2.91. The van der Waals surface area contributed by atoms with Gasteiger partial charge in [0.15, 0.2) is 0 Å². The Morgan fingerprint density at radius 3 is 2.60 bits per heavy atom. The van der Waals surface area contributed by atoms with Gasteiger partial charge in [-0.2, -0.15) is 0 Å². The van der Waals surface area contributed by atoms with Crippen molar-refractivity contribution < 1.29 is 4.79 Å². The molecular formula is C13H17NO. The van der Waals surface area contributed by atoms with Gasteiger partial charge in [-0.1, -0.05) is 30.3 Å². The van der Waals surface area contributed by atoms with Crippen LogP contribution in [0.2, 0.25) is 0 Å². The van der Waals surface area contributed by atoms with Gasteiger partial charge in [0.2, 0.25) is 5.91 Å². The summed E-state index contributed by atoms with van der Waals surface area (Å²) in [6.45, 7) is 3.02. The molecule has 0 N–H and O–H groups in total. The lowest BCUT2D eigenvalue weighted by Crippen LogP contribution is -2.37. The summed E-state index contributed by atoms with van der Waals surface area (Å²) >= 11 is 0. The smallest absolute Gasteiger partial charge is 0.223 e. The Bertz CT molecular complexity index is 334. The first kappa shape index (κ1) is 10.2. The van der Waals surface area contributed by atoms with Crippen LogP contribution in [0.3, 0.4) is 0 Å². The van der Waals surface area contributed by atoms with E-state index < -0.39 is 0 Å². The van der Waals surface area contributed by atoms with Crippen molar-refractivity contribution in [3.05, 3.63) is 35.9 Å². The van der Waals surface area contributed by atoms with Crippen LogP contribution in [-0.4, -0.2) is 17.4 Å². The number of rotatable bonds is 2. The minimum Gasteiger partial charge on any atom is -0.336 e. The van der Waals surface area contributed by atoms with Crippen molar-refractivity contribution in [1.82, 2.24) is 4.90 Å². The van der Waals surface area contributed by atoms with Gasteiger partial charge in [0.1, 0.15) is 0 Å². The number of carbonyl (C=O) groups excluding carboxylic acids is 1. The van der Waals surface area contributed by atoms with Gasteiger partial charge in [-0.05, 0) is 25.3 Å². The summed E-state index contributed by atoms with van der Waals surface area (Å²) in [5, 5.41) is 0. The fourth-order valence-corrected chi connectivity index (χ4v) is 2.15. The second-order valence-electron chi connectivity index (χ2n) is 4.13. The fourth-order valence-electron chi connectivity index (χ4n) is 2.15. The van der Waals surface area contributed by atoms with E-state index in [1.807, 2.05) is 23.1 Å². The minimum absolute atomic E-state index is 0.221. The van der Waals surface area contributed by atoms with E-state index in [0.29, 0.717) is 5.91 Å². The Balaban J connectivity index is 2.13. The molecule has 0 aliphatic carbocycles. The number of benzene rings is 1. The summed E-state index contributed by atoms with van der Waals surface area (Å²) < 4.78 is 0. The Kier molecular flexibility index (Phi) is 3.05. The van der Waals surface area contributed by atoms with Gasteiger partial charge in [-0.3, -0.25) is 4.79 Å². The highest BCUT2D eigenvalue weighted by atomic mass is 16.2. The van der Waals surface area contributed by atoms with Crippen LogP contribution >= 0.6 is 0 Å². The van der Waals surface area contributed by atoms with Crippen molar-refractivity contribution in [2.24, 2.45) is 0 Å². The van der Waals surface area contributed by atoms with Crippen LogP contribution in [0.5, 0.6) is 0 Å². The molecule has 0 aromatic heterocycles. The SMILES string of the molecule is CC(c1ccccc1)N1CCCCC1=O. The molecule has 0 saturated carbocycles. The lowest BCUT2D eigenvalue weighted by Gasteiger charge is -2.32. The highest BCUT2D eigenvalue weighted by molar-refractivity contribution is 5.77. The number of hydrogen-bond acceptors (Lipinski definition) is 1. The highest BCUT2D eigenvalue weighted by Gasteiger charge is 2.23. The number of piperidine rings is 1. The lowest BCUT2D eigenvalue weighted by molar-refractivity contribution is -0.135. The van der Waals surface area contributed by atoms with Gasteiger partial charge in [-0.15, -0.1) is 0 Å². The van der Waals surface area contributed by atoms with Gasteiger partial charge in [0, 0.05) is 13.0 Å². The Morgan fingerprint density at radius 1 is 1.20 bits per heavy atom. The van der Waals surface area contributed by atoms with Crippen molar-refractivity contribution in [3.63, 3.8) is 0 Å². The molecule has 1 fully saturated rings. The number of amides is 1. The fraction of sp³-hybridized carbons (Fsp3) is 0.462. The van der Waals surface area contributed by atoms with E-state index in [4.69, 9.17) is 0 Å². The number of nitrogens with zero attached hydrogens (tertiary/aromatic N) is 1. The molecule has 2 heteroatoms. The molecule has 1 saturated heterocycles. The molecule has 1 aromatic rings. The molecule has 1 aromatic carbocycles. The molecule has 80 valence electrons. The van der Waals surface area contributed by atoms with E-state index in [9.17, 15) is 4.79 Å². The van der Waals surface area contributed by atoms with E-state index in [1.165, 1.54) is 5.56 Å². The average Bonchev–Trinajstić information content (AvgIpc) is 2.30. The van der Waals surface area contributed by atoms with Crippen LogP contribution in [0.25, 0.3) is 0 Å². The molecule has 15 heavy (non-hydrogen) atoms. The van der Waals surface area contributed by atoms with Crippen LogP contribution < -0.4 is 0 Å². The van der Waals surface area contributed by atoms with Gasteiger partial charge in [-0.25, -0.2) is 0 Å². The third kappa shape index (κ3) is 2.20. The monoisotopic (exact) mass is 203 g/mol. The third-order valence-corrected chi connectivity index (χ3v) is 3.11. The Morgan fingerprint density at radius 2 is 1.93 bits per heavy atom. The second kappa shape index (κ2) is 4.47. The molecule has 1 amide bonds. The molecule has 1 aliphatic rings. The summed E-state index contributed by atoms with van der Waals surface area (Å²) in [5.41, 5.74) is 1.23. The predicted octanol–water partition coefficient (Wildman–Crippen LogP) is 2.76. The van der Waals surface area contributed by atoms with E-state index in [1.54, 1.807) is 0 Å². The van der Waals surface area contributed by atoms with Crippen LogP contribution in [0.15, 0.2) is 30.3 Å². The van der Waals surface area contributed by atoms with Crippen LogP contribution in [0.4, 0.5) is 0 Å². The van der Waals surface area contributed by atoms with Crippen molar-refractivity contribution in [2.45, 2.75) is 32.2 Å². The number of likely N-dealkylation sites (tertiary alicyclic amines) is 1. The molecule has 0 radical (unpaired) electrons. The maximum Gasteiger partial charge on any atom is 0.223 e. The summed E-state index contributed by atoms with van der Waals surface area (Å²) in [6, 6.07) is 10.5. The van der Waals surface area contributed by atoms with Crippen molar-refractivity contribution in [2.75, 3.05) is 6.54 Å². The summed E-state index contributed by atoms with van der Waals surface area (Å²) in [7, 11) is 0. The topological polar surface area (TPSA) is 20.3 Å². The second-order valence-corrected chi connectivity index (χ2v) is 4.13. The summed E-state index contributed by atoms with van der Waals surface area (Å²) in [4.78, 5) is 13.7. The molecule has 1 aliphatic heterocycles. The van der Waals surface area contributed by atoms with E-state index in [-0.39, 0.29) is 6.04 Å². The zero-order valence-electron chi connectivity index (χ0n) is 9.15. The maximum atomic E-state index is 11.7. The van der Waals surface area contributed by atoms with Crippen molar-refractivity contribution in [1.29, 1.82) is 0 Å². The quantitative estimate of drug-likeness (QED) is 0.723. The van der Waals surface area contributed by atoms with Gasteiger partial charge in [0.25, 0.3) is 0 Å². The predicted molar refractivity (Wildman–Crippen MR) is 60.4 cm³/mol. The van der Waals surface area contributed by atoms with Gasteiger partial charge >= 0.3 is 0 Å². The highest BCUT2D eigenvalue weighted by Crippen LogP contribution is 2.24. The first-order chi connectivity index (χ1) is 7.29.